The van der Waals surface area contributed by atoms with Gasteiger partial charge in [-0.2, -0.15) is 0 Å². The van der Waals surface area contributed by atoms with Gasteiger partial charge in [0.2, 0.25) is 0 Å². The fourth-order valence-corrected chi connectivity index (χ4v) is 7.22. The summed E-state index contributed by atoms with van der Waals surface area (Å²) in [5, 5.41) is 71.9. The minimum Gasteiger partial charge on any atom is -0.462 e. The second-order valence-electron chi connectivity index (χ2n) is 16.9. The molecule has 11 atom stereocenters. The number of ether oxygens (including phenoxy) is 6. The van der Waals surface area contributed by atoms with Crippen molar-refractivity contribution in [1.29, 1.82) is 0 Å². The molecule has 0 aliphatic carbocycles. The zero-order chi connectivity index (χ0) is 47.5. The number of rotatable bonds is 36. The molecule has 5 unspecified atom stereocenters. The van der Waals surface area contributed by atoms with Crippen molar-refractivity contribution in [3.8, 4) is 0 Å². The summed E-state index contributed by atoms with van der Waals surface area (Å²) < 4.78 is 33.4. The van der Waals surface area contributed by atoms with Gasteiger partial charge in [-0.05, 0) is 64.2 Å². The molecule has 2 saturated heterocycles. The Balaban J connectivity index is 1.86. The van der Waals surface area contributed by atoms with Gasteiger partial charge in [0.25, 0.3) is 0 Å². The third-order valence-electron chi connectivity index (χ3n) is 11.2. The number of aliphatic hydroxyl groups excluding tert-OH is 7. The van der Waals surface area contributed by atoms with E-state index in [-0.39, 0.29) is 19.4 Å². The van der Waals surface area contributed by atoms with Gasteiger partial charge in [-0.3, -0.25) is 9.59 Å². The summed E-state index contributed by atoms with van der Waals surface area (Å²) in [5.74, 6) is -1.02. The highest BCUT2D eigenvalue weighted by molar-refractivity contribution is 5.70. The van der Waals surface area contributed by atoms with Crippen molar-refractivity contribution in [2.24, 2.45) is 0 Å². The molecule has 15 nitrogen and oxygen atoms in total. The van der Waals surface area contributed by atoms with Crippen molar-refractivity contribution in [2.75, 3.05) is 26.4 Å². The smallest absolute Gasteiger partial charge is 0.306 e. The summed E-state index contributed by atoms with van der Waals surface area (Å²) in [6, 6.07) is 0. The van der Waals surface area contributed by atoms with Gasteiger partial charge in [0.15, 0.2) is 18.7 Å². The number of allylic oxidation sites excluding steroid dienone is 10. The first kappa shape index (κ1) is 58.3. The molecule has 65 heavy (non-hydrogen) atoms. The second kappa shape index (κ2) is 37.2. The van der Waals surface area contributed by atoms with Crippen LogP contribution in [0.25, 0.3) is 0 Å². The van der Waals surface area contributed by atoms with Gasteiger partial charge in [-0.15, -0.1) is 0 Å². The van der Waals surface area contributed by atoms with Gasteiger partial charge in [-0.1, -0.05) is 132 Å². The van der Waals surface area contributed by atoms with Gasteiger partial charge in [-0.25, -0.2) is 0 Å². The largest absolute Gasteiger partial charge is 0.462 e. The lowest BCUT2D eigenvalue weighted by molar-refractivity contribution is -0.332. The van der Waals surface area contributed by atoms with Crippen LogP contribution in [0.1, 0.15) is 149 Å². The zero-order valence-corrected chi connectivity index (χ0v) is 39.2. The molecule has 7 N–H and O–H groups in total. The van der Waals surface area contributed by atoms with Gasteiger partial charge < -0.3 is 64.2 Å². The fourth-order valence-electron chi connectivity index (χ4n) is 7.22. The standard InChI is InChI=1S/C50H84O15/c1-3-5-7-9-11-13-15-17-18-19-21-22-24-26-28-30-32-41(52)60-35-38(63-42(53)33-31-29-27-25-23-20-16-14-12-10-8-6-4-2)36-61-49-48(59)46(57)44(55)40(65-49)37-62-50-47(58)45(56)43(54)39(34-51)64-50/h5,7,11,13,17-18,20,23,27,29,38-40,43-51,54-59H,3-4,6,8-10,12,14-16,19,21-22,24-26,28,30-37H2,1-2H3/b7-5+,13-11+,18-17+,23-20+,29-27+/t38?,39-,40-,43+,44+,45?,46?,47?,48?,49-,50-/m1/s1. The van der Waals surface area contributed by atoms with Crippen LogP contribution in [0.3, 0.4) is 0 Å². The molecule has 0 saturated carbocycles. The maximum Gasteiger partial charge on any atom is 0.306 e. The molecule has 2 heterocycles. The summed E-state index contributed by atoms with van der Waals surface area (Å²) in [4.78, 5) is 25.7. The van der Waals surface area contributed by atoms with Crippen LogP contribution in [0.2, 0.25) is 0 Å². The molecule has 0 aromatic heterocycles. The quantitative estimate of drug-likeness (QED) is 0.0214. The van der Waals surface area contributed by atoms with Gasteiger partial charge >= 0.3 is 11.9 Å². The Morgan fingerprint density at radius 3 is 1.58 bits per heavy atom. The van der Waals surface area contributed by atoms with E-state index in [0.717, 1.165) is 70.6 Å². The Labute approximate surface area is 388 Å². The Morgan fingerprint density at radius 1 is 0.508 bits per heavy atom. The Morgan fingerprint density at radius 2 is 1.00 bits per heavy atom. The monoisotopic (exact) mass is 925 g/mol. The minimum absolute atomic E-state index is 0.0536. The van der Waals surface area contributed by atoms with Crippen LogP contribution in [0.15, 0.2) is 60.8 Å². The molecule has 374 valence electrons. The number of hydrogen-bond donors (Lipinski definition) is 7. The molecule has 0 aromatic rings. The fraction of sp³-hybridized carbons (Fsp3) is 0.760. The van der Waals surface area contributed by atoms with Crippen LogP contribution in [-0.4, -0.2) is 142 Å². The predicted octanol–water partition coefficient (Wildman–Crippen LogP) is 6.10. The first-order valence-corrected chi connectivity index (χ1v) is 24.4. The van der Waals surface area contributed by atoms with Gasteiger partial charge in [0.1, 0.15) is 55.4 Å². The summed E-state index contributed by atoms with van der Waals surface area (Å²) in [5.41, 5.74) is 0. The number of hydrogen-bond acceptors (Lipinski definition) is 15. The first-order valence-electron chi connectivity index (χ1n) is 24.4. The average molecular weight is 925 g/mol. The Kier molecular flexibility index (Phi) is 33.4. The highest BCUT2D eigenvalue weighted by Crippen LogP contribution is 2.26. The van der Waals surface area contributed by atoms with E-state index in [2.05, 4.69) is 62.5 Å². The van der Waals surface area contributed by atoms with E-state index in [0.29, 0.717) is 12.8 Å². The number of aliphatic hydroxyl groups is 7. The van der Waals surface area contributed by atoms with Crippen molar-refractivity contribution < 1.29 is 73.8 Å². The minimum atomic E-state index is -1.78. The molecule has 2 aliphatic rings. The third-order valence-corrected chi connectivity index (χ3v) is 11.2. The second-order valence-corrected chi connectivity index (χ2v) is 16.9. The number of unbranched alkanes of at least 4 members (excludes halogenated alkanes) is 12. The topological polar surface area (TPSA) is 231 Å². The van der Waals surface area contributed by atoms with E-state index >= 15 is 0 Å². The van der Waals surface area contributed by atoms with E-state index in [1.54, 1.807) is 0 Å². The lowest BCUT2D eigenvalue weighted by atomic mass is 9.98. The molecule has 0 radical (unpaired) electrons. The van der Waals surface area contributed by atoms with Crippen molar-refractivity contribution in [3.63, 3.8) is 0 Å². The predicted molar refractivity (Wildman–Crippen MR) is 247 cm³/mol. The van der Waals surface area contributed by atoms with Crippen LogP contribution in [0.4, 0.5) is 0 Å². The van der Waals surface area contributed by atoms with Crippen LogP contribution in [-0.2, 0) is 38.0 Å². The van der Waals surface area contributed by atoms with Crippen molar-refractivity contribution in [2.45, 2.75) is 216 Å². The molecule has 15 heteroatoms. The summed E-state index contributed by atoms with van der Waals surface area (Å²) in [6.45, 7) is 2.37. The molecular formula is C50H84O15. The summed E-state index contributed by atoms with van der Waals surface area (Å²) >= 11 is 0. The van der Waals surface area contributed by atoms with Crippen LogP contribution in [0, 0.1) is 0 Å². The van der Waals surface area contributed by atoms with Crippen LogP contribution >= 0.6 is 0 Å². The number of carbonyl (C=O) groups is 2. The van der Waals surface area contributed by atoms with Gasteiger partial charge in [0.05, 0.1) is 19.8 Å². The molecule has 0 spiro atoms. The van der Waals surface area contributed by atoms with Crippen molar-refractivity contribution >= 4 is 11.9 Å². The van der Waals surface area contributed by atoms with Crippen molar-refractivity contribution in [3.05, 3.63) is 60.8 Å². The van der Waals surface area contributed by atoms with Crippen LogP contribution < -0.4 is 0 Å². The molecular weight excluding hydrogens is 841 g/mol. The lowest BCUT2D eigenvalue weighted by Crippen LogP contribution is -2.61. The molecule has 0 aromatic carbocycles. The third kappa shape index (κ3) is 25.8. The number of carbonyl (C=O) groups excluding carboxylic acids is 2. The molecule has 2 fully saturated rings. The highest BCUT2D eigenvalue weighted by atomic mass is 16.7. The zero-order valence-electron chi connectivity index (χ0n) is 39.2. The Hall–Kier alpha value is -2.80. The SMILES string of the molecule is CC/C=C/C/C=C/C/C=C/CCCCCCCCC(=O)OCC(CO[C@@H]1O[C@H](CO[C@@H]2O[C@H](CO)[C@H](O)C(O)C2O)[C@H](O)C(O)C1O)OC(=O)CC/C=C/C/C=C/CCCCCCCC. The van der Waals surface area contributed by atoms with E-state index < -0.39 is 99.3 Å². The lowest BCUT2D eigenvalue weighted by Gasteiger charge is -2.42. The first-order chi connectivity index (χ1) is 31.5. The highest BCUT2D eigenvalue weighted by Gasteiger charge is 2.47. The molecule has 0 bridgehead atoms. The maximum atomic E-state index is 12.9. The normalized spacial score (nSPS) is 26.9. The average Bonchev–Trinajstić information content (AvgIpc) is 3.30. The van der Waals surface area contributed by atoms with E-state index in [9.17, 15) is 45.3 Å². The molecule has 0 amide bonds. The summed E-state index contributed by atoms with van der Waals surface area (Å²) in [6.07, 6.45) is 24.1. The Bertz CT molecular complexity index is 1370. The van der Waals surface area contributed by atoms with E-state index in [1.165, 1.54) is 38.5 Å². The summed E-state index contributed by atoms with van der Waals surface area (Å²) in [7, 11) is 0. The molecule has 2 rings (SSSR count). The molecule has 2 aliphatic heterocycles. The van der Waals surface area contributed by atoms with Gasteiger partial charge in [0, 0.05) is 12.8 Å². The van der Waals surface area contributed by atoms with E-state index in [1.807, 2.05) is 12.2 Å². The maximum absolute atomic E-state index is 12.9. The van der Waals surface area contributed by atoms with Crippen LogP contribution in [0.5, 0.6) is 0 Å². The number of esters is 2. The van der Waals surface area contributed by atoms with Crippen molar-refractivity contribution in [1.82, 2.24) is 0 Å². The van der Waals surface area contributed by atoms with E-state index in [4.69, 9.17) is 28.4 Å².